The van der Waals surface area contributed by atoms with Gasteiger partial charge < -0.3 is 26.3 Å². The number of nitrogens with zero attached hydrogens (tertiary/aromatic N) is 2. The van der Waals surface area contributed by atoms with E-state index in [0.717, 1.165) is 4.90 Å². The van der Waals surface area contributed by atoms with Gasteiger partial charge in [-0.25, -0.2) is 4.98 Å². The second kappa shape index (κ2) is 13.6. The van der Waals surface area contributed by atoms with Crippen LogP contribution in [-0.4, -0.2) is 69.3 Å². The number of fused-ring (bicyclic) bond motifs is 1. The molecular weight excluding hydrogens is 545 g/mol. The normalized spacial score (nSPS) is 16.8. The van der Waals surface area contributed by atoms with Crippen LogP contribution in [0.1, 0.15) is 59.6 Å². The zero-order valence-corrected chi connectivity index (χ0v) is 23.7. The molecule has 1 fully saturated rings. The highest BCUT2D eigenvalue weighted by molar-refractivity contribution is 5.95. The molecule has 1 aliphatic heterocycles. The zero-order chi connectivity index (χ0) is 31.1. The van der Waals surface area contributed by atoms with Gasteiger partial charge in [0, 0.05) is 13.0 Å². The summed E-state index contributed by atoms with van der Waals surface area (Å²) in [6, 6.07) is 2.67. The number of para-hydroxylation sites is 2. The van der Waals surface area contributed by atoms with Gasteiger partial charge >= 0.3 is 12.1 Å². The molecule has 1 aliphatic rings. The lowest BCUT2D eigenvalue weighted by molar-refractivity contribution is -0.176. The summed E-state index contributed by atoms with van der Waals surface area (Å²) in [7, 11) is 0. The maximum atomic E-state index is 13.3. The van der Waals surface area contributed by atoms with Gasteiger partial charge in [0.05, 0.1) is 11.0 Å². The fourth-order valence-corrected chi connectivity index (χ4v) is 4.22. The Hall–Kier alpha value is -3.97. The lowest BCUT2D eigenvalue weighted by Gasteiger charge is -2.35. The van der Waals surface area contributed by atoms with Crippen LogP contribution in [-0.2, 0) is 25.6 Å². The van der Waals surface area contributed by atoms with Gasteiger partial charge in [0.25, 0.3) is 5.56 Å². The molecule has 3 atom stereocenters. The highest BCUT2D eigenvalue weighted by Crippen LogP contribution is 2.27. The minimum Gasteiger partial charge on any atom is -0.368 e. The van der Waals surface area contributed by atoms with E-state index in [2.05, 4.69) is 29.1 Å². The number of likely N-dealkylation sites (tertiary alicyclic amines) is 1. The van der Waals surface area contributed by atoms with Gasteiger partial charge in [-0.05, 0) is 30.4 Å². The number of amides is 4. The predicted octanol–water partition coefficient (Wildman–Crippen LogP) is 1.94. The Morgan fingerprint density at radius 1 is 1.12 bits per heavy atom. The summed E-state index contributed by atoms with van der Waals surface area (Å²) in [4.78, 5) is 70.5. The van der Waals surface area contributed by atoms with Gasteiger partial charge in [0.15, 0.2) is 0 Å². The first kappa shape index (κ1) is 33.2. The maximum absolute atomic E-state index is 13.3. The van der Waals surface area contributed by atoms with E-state index in [1.807, 2.05) is 0 Å². The minimum absolute atomic E-state index is 0.0465. The van der Waals surface area contributed by atoms with E-state index in [1.54, 1.807) is 29.6 Å². The number of hydrogen-bond donors (Lipinski definition) is 4. The SMILES string of the molecule is CC(C)(C)C(NC(=O)C(F)(F)F)C(=O)N1CCCC1C(=O)NC(Cc1nc2ccccc2[nH]c1=O)C(N)=O.CCC. The number of hydrogen-bond acceptors (Lipinski definition) is 6. The number of aromatic amines is 1. The number of H-pyrrole nitrogens is 1. The first-order valence-electron chi connectivity index (χ1n) is 13.3. The molecule has 5 N–H and O–H groups in total. The van der Waals surface area contributed by atoms with Crippen molar-refractivity contribution in [1.82, 2.24) is 25.5 Å². The first-order chi connectivity index (χ1) is 19.0. The predicted molar refractivity (Wildman–Crippen MR) is 145 cm³/mol. The molecule has 41 heavy (non-hydrogen) atoms. The summed E-state index contributed by atoms with van der Waals surface area (Å²) in [6.45, 7) is 8.75. The molecule has 2 aromatic rings. The molecule has 1 saturated heterocycles. The molecule has 0 aliphatic carbocycles. The molecule has 14 heteroatoms. The topological polar surface area (TPSA) is 167 Å². The van der Waals surface area contributed by atoms with Gasteiger partial charge in [0.1, 0.15) is 23.8 Å². The van der Waals surface area contributed by atoms with Crippen LogP contribution in [0.4, 0.5) is 13.2 Å². The van der Waals surface area contributed by atoms with Crippen LogP contribution < -0.4 is 21.9 Å². The molecule has 2 heterocycles. The molecule has 3 rings (SSSR count). The molecule has 0 spiro atoms. The quantitative estimate of drug-likeness (QED) is 0.389. The van der Waals surface area contributed by atoms with Gasteiger partial charge in [0.2, 0.25) is 17.7 Å². The number of primary amides is 1. The largest absolute Gasteiger partial charge is 0.471 e. The number of rotatable bonds is 7. The first-order valence-corrected chi connectivity index (χ1v) is 13.3. The Kier molecular flexibility index (Phi) is 11.0. The third-order valence-electron chi connectivity index (χ3n) is 6.21. The number of nitrogens with two attached hydrogens (primary N) is 1. The van der Waals surface area contributed by atoms with Crippen LogP contribution in [0, 0.1) is 5.41 Å². The fraction of sp³-hybridized carbons (Fsp3) is 0.556. The highest BCUT2D eigenvalue weighted by Gasteiger charge is 2.46. The van der Waals surface area contributed by atoms with Crippen LogP contribution in [0.15, 0.2) is 29.1 Å². The summed E-state index contributed by atoms with van der Waals surface area (Å²) in [6.07, 6.45) is -3.74. The van der Waals surface area contributed by atoms with Crippen molar-refractivity contribution < 1.29 is 32.3 Å². The number of halogens is 3. The fourth-order valence-electron chi connectivity index (χ4n) is 4.22. The number of carbonyl (C=O) groups is 4. The van der Waals surface area contributed by atoms with E-state index in [-0.39, 0.29) is 25.1 Å². The van der Waals surface area contributed by atoms with Crippen molar-refractivity contribution in [2.24, 2.45) is 11.1 Å². The highest BCUT2D eigenvalue weighted by atomic mass is 19.4. The lowest BCUT2D eigenvalue weighted by Crippen LogP contribution is -2.60. The van der Waals surface area contributed by atoms with Gasteiger partial charge in [-0.3, -0.25) is 24.0 Å². The Bertz CT molecular complexity index is 1320. The summed E-state index contributed by atoms with van der Waals surface area (Å²) in [5, 5.41) is 4.18. The molecule has 11 nitrogen and oxygen atoms in total. The van der Waals surface area contributed by atoms with E-state index in [1.165, 1.54) is 27.2 Å². The zero-order valence-electron chi connectivity index (χ0n) is 23.7. The summed E-state index contributed by atoms with van der Waals surface area (Å²) >= 11 is 0. The van der Waals surface area contributed by atoms with E-state index in [4.69, 9.17) is 5.73 Å². The van der Waals surface area contributed by atoms with Crippen LogP contribution in [0.25, 0.3) is 11.0 Å². The Morgan fingerprint density at radius 2 is 1.73 bits per heavy atom. The Balaban J connectivity index is 0.00000187. The van der Waals surface area contributed by atoms with E-state index >= 15 is 0 Å². The smallest absolute Gasteiger partial charge is 0.368 e. The molecule has 0 bridgehead atoms. The maximum Gasteiger partial charge on any atom is 0.471 e. The lowest BCUT2D eigenvalue weighted by atomic mass is 9.85. The van der Waals surface area contributed by atoms with Crippen molar-refractivity contribution in [1.29, 1.82) is 0 Å². The average molecular weight is 583 g/mol. The van der Waals surface area contributed by atoms with E-state index < -0.39 is 58.9 Å². The Labute approximate surface area is 235 Å². The molecule has 0 saturated carbocycles. The van der Waals surface area contributed by atoms with Gasteiger partial charge in [-0.15, -0.1) is 0 Å². The molecule has 226 valence electrons. The number of nitrogens with one attached hydrogen (secondary N) is 3. The van der Waals surface area contributed by atoms with E-state index in [0.29, 0.717) is 17.5 Å². The van der Waals surface area contributed by atoms with Crippen molar-refractivity contribution >= 4 is 34.7 Å². The van der Waals surface area contributed by atoms with Crippen LogP contribution >= 0.6 is 0 Å². The molecule has 0 radical (unpaired) electrons. The van der Waals surface area contributed by atoms with Crippen molar-refractivity contribution in [2.75, 3.05) is 6.54 Å². The van der Waals surface area contributed by atoms with Gasteiger partial charge in [-0.2, -0.15) is 13.2 Å². The number of carbonyl (C=O) groups excluding carboxylic acids is 4. The molecule has 1 aromatic carbocycles. The number of aromatic nitrogens is 2. The molecule has 1 aromatic heterocycles. The summed E-state index contributed by atoms with van der Waals surface area (Å²) in [5.41, 5.74) is 4.67. The number of benzene rings is 1. The third-order valence-corrected chi connectivity index (χ3v) is 6.21. The van der Waals surface area contributed by atoms with Crippen molar-refractivity contribution in [3.63, 3.8) is 0 Å². The standard InChI is InChI=1S/C24H29F3N6O5.C3H8/c1-23(2,3)17(32-22(38)24(25,26)27)21(37)33-10-6-9-16(33)20(36)31-14(18(28)34)11-15-19(35)30-13-8-5-4-7-12(13)29-15;1-3-2/h4-5,7-8,14,16-17H,6,9-11H2,1-3H3,(H2,28,34)(H,30,35)(H,31,36)(H,32,38);3H2,1-2H3. The summed E-state index contributed by atoms with van der Waals surface area (Å²) < 4.78 is 38.6. The second-order valence-corrected chi connectivity index (χ2v) is 10.9. The summed E-state index contributed by atoms with van der Waals surface area (Å²) in [5.74, 6) is -4.86. The second-order valence-electron chi connectivity index (χ2n) is 10.9. The van der Waals surface area contributed by atoms with Crippen molar-refractivity contribution in [2.45, 2.75) is 84.6 Å². The molecule has 3 unspecified atom stereocenters. The molecular formula is C27H37F3N6O5. The van der Waals surface area contributed by atoms with Crippen LogP contribution in [0.2, 0.25) is 0 Å². The van der Waals surface area contributed by atoms with E-state index in [9.17, 15) is 37.1 Å². The van der Waals surface area contributed by atoms with Crippen molar-refractivity contribution in [3.8, 4) is 0 Å². The van der Waals surface area contributed by atoms with Crippen molar-refractivity contribution in [3.05, 3.63) is 40.3 Å². The Morgan fingerprint density at radius 3 is 2.29 bits per heavy atom. The molecule has 4 amide bonds. The van der Waals surface area contributed by atoms with Crippen LogP contribution in [0.5, 0.6) is 0 Å². The minimum atomic E-state index is -5.20. The number of alkyl halides is 3. The average Bonchev–Trinajstić information content (AvgIpc) is 3.36. The van der Waals surface area contributed by atoms with Crippen LogP contribution in [0.3, 0.4) is 0 Å². The third kappa shape index (κ3) is 8.76. The monoisotopic (exact) mass is 582 g/mol. The van der Waals surface area contributed by atoms with Gasteiger partial charge in [-0.1, -0.05) is 53.2 Å².